The van der Waals surface area contributed by atoms with Crippen molar-refractivity contribution in [3.05, 3.63) is 17.7 Å². The van der Waals surface area contributed by atoms with Crippen LogP contribution in [-0.4, -0.2) is 46.9 Å². The zero-order valence-corrected chi connectivity index (χ0v) is 18.9. The Bertz CT molecular complexity index is 722. The molecule has 30 heavy (non-hydrogen) atoms. The zero-order chi connectivity index (χ0) is 21.3. The Hall–Kier alpha value is -1.76. The number of carbonyl (C=O) groups excluding carboxylic acids is 1. The molecule has 2 heterocycles. The van der Waals surface area contributed by atoms with Gasteiger partial charge in [-0.15, -0.1) is 11.8 Å². The third kappa shape index (κ3) is 6.62. The minimum atomic E-state index is -0.725. The zero-order valence-electron chi connectivity index (χ0n) is 18.1. The molecule has 6 nitrogen and oxygen atoms in total. The van der Waals surface area contributed by atoms with Gasteiger partial charge in [0.2, 0.25) is 0 Å². The first kappa shape index (κ1) is 22.9. The molecule has 3 rings (SSSR count). The molecule has 1 atom stereocenters. The highest BCUT2D eigenvalue weighted by Crippen LogP contribution is 2.29. The SMILES string of the molecule is CCCSc1nc(N2CCCC(CCC(=O)O)C2)ccc1C(=O)NC1CCCCC1. The number of nitrogens with zero attached hydrogens (tertiary/aromatic N) is 2. The van der Waals surface area contributed by atoms with Crippen molar-refractivity contribution >= 4 is 29.5 Å². The third-order valence-electron chi connectivity index (χ3n) is 6.08. The maximum absolute atomic E-state index is 13.0. The lowest BCUT2D eigenvalue weighted by Gasteiger charge is -2.33. The number of carboxylic acids is 1. The fourth-order valence-corrected chi connectivity index (χ4v) is 5.31. The molecule has 0 bridgehead atoms. The molecule has 1 amide bonds. The van der Waals surface area contributed by atoms with Crippen LogP contribution in [0.15, 0.2) is 17.2 Å². The summed E-state index contributed by atoms with van der Waals surface area (Å²) >= 11 is 1.65. The highest BCUT2D eigenvalue weighted by atomic mass is 32.2. The fourth-order valence-electron chi connectivity index (χ4n) is 4.43. The molecule has 166 valence electrons. The van der Waals surface area contributed by atoms with Gasteiger partial charge in [-0.2, -0.15) is 0 Å². The van der Waals surface area contributed by atoms with Gasteiger partial charge in [-0.3, -0.25) is 9.59 Å². The lowest BCUT2D eigenvalue weighted by Crippen LogP contribution is -2.37. The predicted molar refractivity (Wildman–Crippen MR) is 121 cm³/mol. The Morgan fingerprint density at radius 3 is 2.73 bits per heavy atom. The van der Waals surface area contributed by atoms with Crippen molar-refractivity contribution in [3.63, 3.8) is 0 Å². The van der Waals surface area contributed by atoms with Gasteiger partial charge in [0, 0.05) is 25.6 Å². The minimum Gasteiger partial charge on any atom is -0.481 e. The van der Waals surface area contributed by atoms with E-state index < -0.39 is 5.97 Å². The summed E-state index contributed by atoms with van der Waals surface area (Å²) in [6.07, 6.45) is 9.88. The first-order valence-electron chi connectivity index (χ1n) is 11.5. The van der Waals surface area contributed by atoms with Crippen LogP contribution >= 0.6 is 11.8 Å². The molecule has 1 aromatic rings. The van der Waals surface area contributed by atoms with E-state index in [0.717, 1.165) is 61.8 Å². The molecule has 1 aromatic heterocycles. The van der Waals surface area contributed by atoms with E-state index in [1.165, 1.54) is 19.3 Å². The van der Waals surface area contributed by atoms with Crippen molar-refractivity contribution in [3.8, 4) is 0 Å². The van der Waals surface area contributed by atoms with Gasteiger partial charge in [0.1, 0.15) is 10.8 Å². The maximum Gasteiger partial charge on any atom is 0.303 e. The van der Waals surface area contributed by atoms with Gasteiger partial charge < -0.3 is 15.3 Å². The Labute approximate surface area is 184 Å². The van der Waals surface area contributed by atoms with Crippen molar-refractivity contribution in [1.82, 2.24) is 10.3 Å². The number of pyridine rings is 1. The van der Waals surface area contributed by atoms with Crippen molar-refractivity contribution < 1.29 is 14.7 Å². The summed E-state index contributed by atoms with van der Waals surface area (Å²) in [5.74, 6) is 1.50. The second-order valence-corrected chi connectivity index (χ2v) is 9.65. The predicted octanol–water partition coefficient (Wildman–Crippen LogP) is 4.73. The molecule has 1 aliphatic carbocycles. The van der Waals surface area contributed by atoms with Gasteiger partial charge in [0.15, 0.2) is 0 Å². The van der Waals surface area contributed by atoms with E-state index in [4.69, 9.17) is 10.1 Å². The molecule has 2 aliphatic rings. The number of anilines is 1. The van der Waals surface area contributed by atoms with Crippen LogP contribution in [0, 0.1) is 5.92 Å². The van der Waals surface area contributed by atoms with Crippen LogP contribution in [0.4, 0.5) is 5.82 Å². The van der Waals surface area contributed by atoms with E-state index in [0.29, 0.717) is 17.9 Å². The average Bonchev–Trinajstić information content (AvgIpc) is 2.77. The molecule has 2 N–H and O–H groups in total. The molecular formula is C23H35N3O3S. The van der Waals surface area contributed by atoms with Gasteiger partial charge in [-0.05, 0) is 62.3 Å². The standard InChI is InChI=1S/C23H35N3O3S/c1-2-15-30-23-19(22(29)24-18-8-4-3-5-9-18)11-12-20(25-23)26-14-6-7-17(16-26)10-13-21(27)28/h11-12,17-18H,2-10,13-16H2,1H3,(H,24,29)(H,27,28). The van der Waals surface area contributed by atoms with Crippen LogP contribution in [0.25, 0.3) is 0 Å². The number of carboxylic acid groups (broad SMARTS) is 1. The Kier molecular flexibility index (Phi) is 8.85. The van der Waals surface area contributed by atoms with E-state index in [2.05, 4.69) is 17.1 Å². The number of amides is 1. The molecule has 1 saturated heterocycles. The normalized spacial score (nSPS) is 20.2. The first-order chi connectivity index (χ1) is 14.6. The summed E-state index contributed by atoms with van der Waals surface area (Å²) in [5, 5.41) is 13.0. The summed E-state index contributed by atoms with van der Waals surface area (Å²) in [7, 11) is 0. The number of aliphatic carboxylic acids is 1. The molecule has 0 radical (unpaired) electrons. The fraction of sp³-hybridized carbons (Fsp3) is 0.696. The highest BCUT2D eigenvalue weighted by molar-refractivity contribution is 7.99. The Balaban J connectivity index is 1.71. The topological polar surface area (TPSA) is 82.5 Å². The number of hydrogen-bond acceptors (Lipinski definition) is 5. The number of rotatable bonds is 9. The van der Waals surface area contributed by atoms with Crippen LogP contribution in [-0.2, 0) is 4.79 Å². The summed E-state index contributed by atoms with van der Waals surface area (Å²) in [4.78, 5) is 31.0. The highest BCUT2D eigenvalue weighted by Gasteiger charge is 2.24. The molecule has 0 spiro atoms. The van der Waals surface area contributed by atoms with Crippen LogP contribution in [0.1, 0.15) is 81.5 Å². The molecule has 1 aliphatic heterocycles. The minimum absolute atomic E-state index is 0.00229. The Morgan fingerprint density at radius 1 is 1.20 bits per heavy atom. The van der Waals surface area contributed by atoms with Crippen LogP contribution in [0.5, 0.6) is 0 Å². The summed E-state index contributed by atoms with van der Waals surface area (Å²) in [6, 6.07) is 4.18. The van der Waals surface area contributed by atoms with Crippen molar-refractivity contribution in [2.45, 2.75) is 82.2 Å². The second kappa shape index (κ2) is 11.6. The smallest absolute Gasteiger partial charge is 0.303 e. The van der Waals surface area contributed by atoms with E-state index in [1.54, 1.807) is 11.8 Å². The third-order valence-corrected chi connectivity index (χ3v) is 7.28. The second-order valence-electron chi connectivity index (χ2n) is 8.57. The van der Waals surface area contributed by atoms with Gasteiger partial charge in [-0.1, -0.05) is 26.2 Å². The number of nitrogens with one attached hydrogen (secondary N) is 1. The van der Waals surface area contributed by atoms with Gasteiger partial charge in [-0.25, -0.2) is 4.98 Å². The molecule has 7 heteroatoms. The van der Waals surface area contributed by atoms with Crippen LogP contribution in [0.2, 0.25) is 0 Å². The van der Waals surface area contributed by atoms with Crippen LogP contribution < -0.4 is 10.2 Å². The van der Waals surface area contributed by atoms with Gasteiger partial charge in [0.05, 0.1) is 5.56 Å². The summed E-state index contributed by atoms with van der Waals surface area (Å²) in [6.45, 7) is 3.91. The number of carbonyl (C=O) groups is 2. The lowest BCUT2D eigenvalue weighted by atomic mass is 9.93. The molecule has 1 unspecified atom stereocenters. The van der Waals surface area contributed by atoms with E-state index in [1.807, 2.05) is 12.1 Å². The lowest BCUT2D eigenvalue weighted by molar-refractivity contribution is -0.137. The first-order valence-corrected chi connectivity index (χ1v) is 12.5. The van der Waals surface area contributed by atoms with Crippen molar-refractivity contribution in [2.24, 2.45) is 5.92 Å². The van der Waals surface area contributed by atoms with Crippen molar-refractivity contribution in [2.75, 3.05) is 23.7 Å². The maximum atomic E-state index is 13.0. The molecule has 1 saturated carbocycles. The quantitative estimate of drug-likeness (QED) is 0.548. The van der Waals surface area contributed by atoms with E-state index in [-0.39, 0.29) is 18.4 Å². The largest absolute Gasteiger partial charge is 0.481 e. The molecule has 0 aromatic carbocycles. The van der Waals surface area contributed by atoms with Gasteiger partial charge >= 0.3 is 5.97 Å². The average molecular weight is 434 g/mol. The Morgan fingerprint density at radius 2 is 2.00 bits per heavy atom. The summed E-state index contributed by atoms with van der Waals surface area (Å²) in [5.41, 5.74) is 0.683. The van der Waals surface area contributed by atoms with E-state index in [9.17, 15) is 9.59 Å². The monoisotopic (exact) mass is 433 g/mol. The number of piperidine rings is 1. The van der Waals surface area contributed by atoms with Crippen LogP contribution in [0.3, 0.4) is 0 Å². The number of thioether (sulfide) groups is 1. The van der Waals surface area contributed by atoms with E-state index >= 15 is 0 Å². The van der Waals surface area contributed by atoms with Gasteiger partial charge in [0.25, 0.3) is 5.91 Å². The number of hydrogen-bond donors (Lipinski definition) is 2. The molecular weight excluding hydrogens is 398 g/mol. The number of aromatic nitrogens is 1. The molecule has 2 fully saturated rings. The summed E-state index contributed by atoms with van der Waals surface area (Å²) < 4.78 is 0. The van der Waals surface area contributed by atoms with Crippen molar-refractivity contribution in [1.29, 1.82) is 0 Å².